The van der Waals surface area contributed by atoms with E-state index in [-0.39, 0.29) is 40.1 Å². The van der Waals surface area contributed by atoms with Crippen LogP contribution in [0.5, 0.6) is 11.5 Å². The Hall–Kier alpha value is -3.91. The minimum atomic E-state index is -4.83. The number of hydrazone groups is 1. The highest BCUT2D eigenvalue weighted by molar-refractivity contribution is 7.16. The molecule has 0 aliphatic rings. The number of ether oxygens (including phenoxy) is 2. The van der Waals surface area contributed by atoms with Crippen LogP contribution >= 0.6 is 22.7 Å². The predicted molar refractivity (Wildman–Crippen MR) is 151 cm³/mol. The Balaban J connectivity index is 1.76. The SMILES string of the molecule is CC=NN(C(=O)c1ccc(C(=O)N(C)CCC(=O)OC(C)(C)C)s1)c1csc(-c2ccc(OC(F)(F)F)cc2)c1O. The molecule has 0 fully saturated rings. The fraction of sp³-hybridized carbons (Fsp3) is 0.333. The molecule has 9 nitrogen and oxygen atoms in total. The number of thiophene rings is 2. The van der Waals surface area contributed by atoms with Crippen molar-refractivity contribution in [2.24, 2.45) is 5.10 Å². The minimum Gasteiger partial charge on any atom is -0.504 e. The van der Waals surface area contributed by atoms with E-state index in [0.717, 1.165) is 39.8 Å². The molecule has 0 radical (unpaired) electrons. The summed E-state index contributed by atoms with van der Waals surface area (Å²) in [5, 5.41) is 17.4. The predicted octanol–water partition coefficient (Wildman–Crippen LogP) is 6.54. The summed E-state index contributed by atoms with van der Waals surface area (Å²) in [5.41, 5.74) is -0.178. The summed E-state index contributed by atoms with van der Waals surface area (Å²) >= 11 is 1.99. The van der Waals surface area contributed by atoms with Crippen LogP contribution in [0.2, 0.25) is 0 Å². The zero-order valence-electron chi connectivity index (χ0n) is 22.8. The van der Waals surface area contributed by atoms with Crippen molar-refractivity contribution < 1.29 is 42.1 Å². The first-order valence-electron chi connectivity index (χ1n) is 12.2. The number of amides is 2. The number of anilines is 1. The number of hydrogen-bond donors (Lipinski definition) is 1. The Labute approximate surface area is 242 Å². The Morgan fingerprint density at radius 2 is 1.63 bits per heavy atom. The first kappa shape index (κ1) is 31.6. The summed E-state index contributed by atoms with van der Waals surface area (Å²) in [5.74, 6) is -2.15. The van der Waals surface area contributed by atoms with Crippen molar-refractivity contribution in [3.05, 3.63) is 51.5 Å². The van der Waals surface area contributed by atoms with Crippen molar-refractivity contribution >= 4 is 52.4 Å². The van der Waals surface area contributed by atoms with Crippen LogP contribution in [0, 0.1) is 0 Å². The Kier molecular flexibility index (Phi) is 9.81. The number of aromatic hydroxyl groups is 1. The summed E-state index contributed by atoms with van der Waals surface area (Å²) in [4.78, 5) is 40.3. The highest BCUT2D eigenvalue weighted by Gasteiger charge is 2.31. The van der Waals surface area contributed by atoms with E-state index in [9.17, 15) is 32.7 Å². The average Bonchev–Trinajstić information content (AvgIpc) is 3.51. The van der Waals surface area contributed by atoms with Gasteiger partial charge in [0.2, 0.25) is 0 Å². The van der Waals surface area contributed by atoms with Gasteiger partial charge >= 0.3 is 12.3 Å². The molecule has 0 saturated heterocycles. The number of rotatable bonds is 9. The van der Waals surface area contributed by atoms with E-state index >= 15 is 0 Å². The van der Waals surface area contributed by atoms with Crippen LogP contribution in [-0.4, -0.2) is 59.6 Å². The van der Waals surface area contributed by atoms with Gasteiger partial charge in [0, 0.05) is 25.2 Å². The van der Waals surface area contributed by atoms with Gasteiger partial charge in [0.05, 0.1) is 21.1 Å². The molecule has 0 aliphatic heterocycles. The Morgan fingerprint density at radius 1 is 1.02 bits per heavy atom. The highest BCUT2D eigenvalue weighted by atomic mass is 32.1. The molecule has 0 aliphatic carbocycles. The molecule has 0 atom stereocenters. The molecular weight excluding hydrogens is 583 g/mol. The van der Waals surface area contributed by atoms with Gasteiger partial charge in [-0.1, -0.05) is 0 Å². The fourth-order valence-electron chi connectivity index (χ4n) is 3.46. The van der Waals surface area contributed by atoms with Crippen molar-refractivity contribution in [3.63, 3.8) is 0 Å². The lowest BCUT2D eigenvalue weighted by Crippen LogP contribution is -2.31. The lowest BCUT2D eigenvalue weighted by atomic mass is 10.1. The molecule has 2 aromatic heterocycles. The smallest absolute Gasteiger partial charge is 0.504 e. The van der Waals surface area contributed by atoms with E-state index in [4.69, 9.17) is 4.74 Å². The average molecular weight is 612 g/mol. The second-order valence-corrected chi connectivity index (χ2v) is 11.6. The van der Waals surface area contributed by atoms with Crippen LogP contribution in [0.4, 0.5) is 18.9 Å². The van der Waals surface area contributed by atoms with Crippen molar-refractivity contribution in [1.29, 1.82) is 0 Å². The maximum absolute atomic E-state index is 13.4. The maximum atomic E-state index is 13.4. The van der Waals surface area contributed by atoms with Gasteiger partial charge < -0.3 is 19.5 Å². The molecule has 41 heavy (non-hydrogen) atoms. The molecule has 3 aromatic rings. The molecular formula is C27H28F3N3O6S2. The fourth-order valence-corrected chi connectivity index (χ4v) is 5.31. The van der Waals surface area contributed by atoms with Gasteiger partial charge in [0.1, 0.15) is 17.0 Å². The van der Waals surface area contributed by atoms with Crippen molar-refractivity contribution in [2.75, 3.05) is 18.6 Å². The van der Waals surface area contributed by atoms with E-state index in [0.29, 0.717) is 10.4 Å². The van der Waals surface area contributed by atoms with Gasteiger partial charge in [0.15, 0.2) is 5.75 Å². The maximum Gasteiger partial charge on any atom is 0.573 e. The first-order chi connectivity index (χ1) is 19.1. The highest BCUT2D eigenvalue weighted by Crippen LogP contribution is 2.44. The molecule has 2 amide bonds. The summed E-state index contributed by atoms with van der Waals surface area (Å²) in [6.07, 6.45) is -3.48. The summed E-state index contributed by atoms with van der Waals surface area (Å²) in [7, 11) is 1.54. The summed E-state index contributed by atoms with van der Waals surface area (Å²) in [6.45, 7) is 6.95. The number of nitrogens with zero attached hydrogens (tertiary/aromatic N) is 3. The van der Waals surface area contributed by atoms with E-state index in [2.05, 4.69) is 9.84 Å². The third-order valence-corrected chi connectivity index (χ3v) is 7.26. The van der Waals surface area contributed by atoms with E-state index in [1.54, 1.807) is 27.7 Å². The number of halogens is 3. The van der Waals surface area contributed by atoms with Gasteiger partial charge in [-0.05, 0) is 69.7 Å². The quantitative estimate of drug-likeness (QED) is 0.167. The second-order valence-electron chi connectivity index (χ2n) is 9.59. The van der Waals surface area contributed by atoms with Crippen LogP contribution in [0.25, 0.3) is 10.4 Å². The molecule has 0 bridgehead atoms. The largest absolute Gasteiger partial charge is 0.573 e. The minimum absolute atomic E-state index is 0.00745. The molecule has 14 heteroatoms. The monoisotopic (exact) mass is 611 g/mol. The molecule has 0 saturated carbocycles. The zero-order valence-corrected chi connectivity index (χ0v) is 24.4. The second kappa shape index (κ2) is 12.7. The van der Waals surface area contributed by atoms with Gasteiger partial charge in [-0.2, -0.15) is 10.1 Å². The van der Waals surface area contributed by atoms with Crippen LogP contribution in [0.15, 0.2) is 46.9 Å². The Morgan fingerprint density at radius 3 is 2.20 bits per heavy atom. The number of carbonyl (C=O) groups is 3. The zero-order chi connectivity index (χ0) is 30.5. The van der Waals surface area contributed by atoms with Crippen LogP contribution < -0.4 is 9.75 Å². The topological polar surface area (TPSA) is 109 Å². The van der Waals surface area contributed by atoms with E-state index in [1.807, 2.05) is 0 Å². The van der Waals surface area contributed by atoms with Crippen LogP contribution in [-0.2, 0) is 9.53 Å². The number of carbonyl (C=O) groups excluding carboxylic acids is 3. The molecule has 0 spiro atoms. The summed E-state index contributed by atoms with van der Waals surface area (Å²) < 4.78 is 46.5. The van der Waals surface area contributed by atoms with Gasteiger partial charge in [-0.15, -0.1) is 35.8 Å². The van der Waals surface area contributed by atoms with Crippen LogP contribution in [0.3, 0.4) is 0 Å². The normalized spacial score (nSPS) is 11.9. The third kappa shape index (κ3) is 8.54. The van der Waals surface area contributed by atoms with E-state index in [1.165, 1.54) is 47.8 Å². The van der Waals surface area contributed by atoms with E-state index < -0.39 is 29.6 Å². The van der Waals surface area contributed by atoms with Gasteiger partial charge in [-0.3, -0.25) is 14.4 Å². The third-order valence-electron chi connectivity index (χ3n) is 5.19. The molecule has 3 rings (SSSR count). The lowest BCUT2D eigenvalue weighted by molar-refractivity contribution is -0.274. The molecule has 0 unspecified atom stereocenters. The Bertz CT molecular complexity index is 1430. The van der Waals surface area contributed by atoms with Gasteiger partial charge in [-0.25, -0.2) is 0 Å². The standard InChI is InChI=1S/C27H28F3N3O6S2/c1-6-31-33(18-15-40-23(22(18)35)16-7-9-17(10-8-16)38-27(28,29)30)25(37)20-12-11-19(41-20)24(36)32(5)14-13-21(34)39-26(2,3)4/h6-12,15,35H,13-14H2,1-5H3. The van der Waals surface area contributed by atoms with Crippen molar-refractivity contribution in [1.82, 2.24) is 4.90 Å². The molecule has 1 N–H and O–H groups in total. The lowest BCUT2D eigenvalue weighted by Gasteiger charge is -2.21. The molecule has 1 aromatic carbocycles. The number of alkyl halides is 3. The van der Waals surface area contributed by atoms with Crippen LogP contribution in [0.1, 0.15) is 53.5 Å². The van der Waals surface area contributed by atoms with Crippen molar-refractivity contribution in [3.8, 4) is 21.9 Å². The van der Waals surface area contributed by atoms with Crippen molar-refractivity contribution in [2.45, 2.75) is 46.1 Å². The van der Waals surface area contributed by atoms with Gasteiger partial charge in [0.25, 0.3) is 11.8 Å². The molecule has 220 valence electrons. The number of hydrogen-bond acceptors (Lipinski definition) is 9. The number of benzene rings is 1. The molecule has 2 heterocycles. The number of esters is 1. The summed E-state index contributed by atoms with van der Waals surface area (Å²) in [6, 6.07) is 7.88. The first-order valence-corrected chi connectivity index (χ1v) is 13.9.